The minimum absolute atomic E-state index is 0.349. The molecule has 1 aromatic carbocycles. The number of aliphatic hydroxyl groups is 1. The van der Waals surface area contributed by atoms with Gasteiger partial charge in [-0.25, -0.2) is 0 Å². The molecule has 0 radical (unpaired) electrons. The molecular weight excluding hydrogens is 315 g/mol. The van der Waals surface area contributed by atoms with Crippen LogP contribution in [0, 0.1) is 0 Å². The summed E-state index contributed by atoms with van der Waals surface area (Å²) in [7, 11) is 1.47. The summed E-state index contributed by atoms with van der Waals surface area (Å²) in [5, 5.41) is 9.70. The van der Waals surface area contributed by atoms with Crippen molar-refractivity contribution in [2.24, 2.45) is 5.73 Å². The van der Waals surface area contributed by atoms with Crippen LogP contribution >= 0.6 is 15.9 Å². The third kappa shape index (κ3) is 3.86. The van der Waals surface area contributed by atoms with E-state index in [0.29, 0.717) is 15.8 Å². The van der Waals surface area contributed by atoms with Gasteiger partial charge in [-0.15, -0.1) is 0 Å². The van der Waals surface area contributed by atoms with E-state index in [2.05, 4.69) is 15.9 Å². The normalized spacial score (nSPS) is 15.3. The molecule has 18 heavy (non-hydrogen) atoms. The number of alkyl halides is 3. The standard InChI is InChI=1S/C11H13BrF3NO2/c1-18-9-3-2-6(4-7(9)12)8(17)5-10(16)11(13,14)15/h2-4,8,10,17H,5,16H2,1H3/t8-,10-/m0/s1. The fraction of sp³-hybridized carbons (Fsp3) is 0.455. The van der Waals surface area contributed by atoms with Gasteiger partial charge < -0.3 is 15.6 Å². The Kier molecular flexibility index (Phi) is 5.01. The molecule has 1 rings (SSSR count). The molecule has 0 aliphatic heterocycles. The minimum atomic E-state index is -4.51. The van der Waals surface area contributed by atoms with Crippen LogP contribution in [-0.2, 0) is 0 Å². The number of ether oxygens (including phenoxy) is 1. The van der Waals surface area contributed by atoms with Gasteiger partial charge >= 0.3 is 6.18 Å². The summed E-state index contributed by atoms with van der Waals surface area (Å²) >= 11 is 3.19. The zero-order chi connectivity index (χ0) is 13.9. The Morgan fingerprint density at radius 1 is 1.44 bits per heavy atom. The topological polar surface area (TPSA) is 55.5 Å². The third-order valence-corrected chi connectivity index (χ3v) is 3.08. The van der Waals surface area contributed by atoms with Crippen molar-refractivity contribution in [1.82, 2.24) is 0 Å². The van der Waals surface area contributed by atoms with Crippen LogP contribution in [0.2, 0.25) is 0 Å². The number of hydrogen-bond donors (Lipinski definition) is 2. The summed E-state index contributed by atoms with van der Waals surface area (Å²) < 4.78 is 42.3. The van der Waals surface area contributed by atoms with Gasteiger partial charge in [0.1, 0.15) is 11.8 Å². The molecule has 0 amide bonds. The number of halogens is 4. The Morgan fingerprint density at radius 3 is 2.50 bits per heavy atom. The summed E-state index contributed by atoms with van der Waals surface area (Å²) in [5.74, 6) is 0.533. The number of hydrogen-bond acceptors (Lipinski definition) is 3. The number of methoxy groups -OCH3 is 1. The molecule has 0 spiro atoms. The molecule has 0 fully saturated rings. The lowest BCUT2D eigenvalue weighted by molar-refractivity contribution is -0.153. The molecule has 0 aliphatic carbocycles. The van der Waals surface area contributed by atoms with E-state index in [9.17, 15) is 18.3 Å². The van der Waals surface area contributed by atoms with Crippen LogP contribution in [0.1, 0.15) is 18.1 Å². The highest BCUT2D eigenvalue weighted by Crippen LogP contribution is 2.31. The minimum Gasteiger partial charge on any atom is -0.496 e. The van der Waals surface area contributed by atoms with Crippen molar-refractivity contribution in [2.45, 2.75) is 24.7 Å². The monoisotopic (exact) mass is 327 g/mol. The van der Waals surface area contributed by atoms with Crippen LogP contribution in [0.15, 0.2) is 22.7 Å². The Morgan fingerprint density at radius 2 is 2.06 bits per heavy atom. The molecular formula is C11H13BrF3NO2. The second-order valence-corrected chi connectivity index (χ2v) is 4.65. The molecule has 0 unspecified atom stereocenters. The first kappa shape index (κ1) is 15.3. The Bertz CT molecular complexity index is 412. The van der Waals surface area contributed by atoms with Gasteiger partial charge in [-0.05, 0) is 33.6 Å². The van der Waals surface area contributed by atoms with Crippen molar-refractivity contribution in [2.75, 3.05) is 7.11 Å². The van der Waals surface area contributed by atoms with E-state index in [0.717, 1.165) is 0 Å². The molecule has 3 N–H and O–H groups in total. The second kappa shape index (κ2) is 5.90. The maximum absolute atomic E-state index is 12.3. The SMILES string of the molecule is COc1ccc([C@@H](O)C[C@H](N)C(F)(F)F)cc1Br. The average molecular weight is 328 g/mol. The molecule has 2 atom stereocenters. The average Bonchev–Trinajstić information content (AvgIpc) is 2.27. The van der Waals surface area contributed by atoms with E-state index in [1.54, 1.807) is 6.07 Å². The quantitative estimate of drug-likeness (QED) is 0.894. The third-order valence-electron chi connectivity index (χ3n) is 2.46. The molecule has 7 heteroatoms. The molecule has 0 aromatic heterocycles. The van der Waals surface area contributed by atoms with Crippen molar-refractivity contribution in [3.05, 3.63) is 28.2 Å². The highest BCUT2D eigenvalue weighted by molar-refractivity contribution is 9.10. The van der Waals surface area contributed by atoms with Crippen molar-refractivity contribution >= 4 is 15.9 Å². The first-order chi connectivity index (χ1) is 8.25. The molecule has 3 nitrogen and oxygen atoms in total. The zero-order valence-electron chi connectivity index (χ0n) is 9.54. The molecule has 1 aromatic rings. The Labute approximate surface area is 111 Å². The second-order valence-electron chi connectivity index (χ2n) is 3.79. The van der Waals surface area contributed by atoms with Gasteiger partial charge in [-0.2, -0.15) is 13.2 Å². The Hall–Kier alpha value is -0.790. The van der Waals surface area contributed by atoms with Crippen LogP contribution < -0.4 is 10.5 Å². The summed E-state index contributed by atoms with van der Waals surface area (Å²) in [5.41, 5.74) is 5.31. The van der Waals surface area contributed by atoms with E-state index in [1.165, 1.54) is 19.2 Å². The number of benzene rings is 1. The van der Waals surface area contributed by atoms with Crippen LogP contribution in [-0.4, -0.2) is 24.4 Å². The first-order valence-electron chi connectivity index (χ1n) is 5.09. The highest BCUT2D eigenvalue weighted by atomic mass is 79.9. The van der Waals surface area contributed by atoms with Crippen LogP contribution in [0.25, 0.3) is 0 Å². The van der Waals surface area contributed by atoms with E-state index in [-0.39, 0.29) is 0 Å². The lowest BCUT2D eigenvalue weighted by Crippen LogP contribution is -2.38. The van der Waals surface area contributed by atoms with Gasteiger partial charge in [-0.1, -0.05) is 6.07 Å². The summed E-state index contributed by atoms with van der Waals surface area (Å²) in [6.45, 7) is 0. The van der Waals surface area contributed by atoms with E-state index in [1.807, 2.05) is 0 Å². The number of aliphatic hydroxyl groups excluding tert-OH is 1. The molecule has 0 aliphatic rings. The van der Waals surface area contributed by atoms with Crippen molar-refractivity contribution in [1.29, 1.82) is 0 Å². The van der Waals surface area contributed by atoms with Crippen LogP contribution in [0.3, 0.4) is 0 Å². The lowest BCUT2D eigenvalue weighted by atomic mass is 10.0. The van der Waals surface area contributed by atoms with Gasteiger partial charge in [0.05, 0.1) is 17.7 Å². The van der Waals surface area contributed by atoms with Gasteiger partial charge in [-0.3, -0.25) is 0 Å². The zero-order valence-corrected chi connectivity index (χ0v) is 11.1. The number of rotatable bonds is 4. The fourth-order valence-electron chi connectivity index (χ4n) is 1.40. The van der Waals surface area contributed by atoms with Crippen molar-refractivity contribution in [3.8, 4) is 5.75 Å². The predicted octanol–water partition coefficient (Wildman–Crippen LogP) is 2.77. The lowest BCUT2D eigenvalue weighted by Gasteiger charge is -2.19. The fourth-order valence-corrected chi connectivity index (χ4v) is 1.96. The van der Waals surface area contributed by atoms with E-state index < -0.39 is 24.7 Å². The predicted molar refractivity (Wildman–Crippen MR) is 64.3 cm³/mol. The van der Waals surface area contributed by atoms with Crippen molar-refractivity contribution < 1.29 is 23.0 Å². The van der Waals surface area contributed by atoms with Gasteiger partial charge in [0.15, 0.2) is 0 Å². The van der Waals surface area contributed by atoms with Crippen LogP contribution in [0.4, 0.5) is 13.2 Å². The molecule has 0 bridgehead atoms. The molecule has 0 saturated heterocycles. The van der Waals surface area contributed by atoms with Crippen LogP contribution in [0.5, 0.6) is 5.75 Å². The first-order valence-corrected chi connectivity index (χ1v) is 5.88. The summed E-state index contributed by atoms with van der Waals surface area (Å²) in [4.78, 5) is 0. The van der Waals surface area contributed by atoms with Gasteiger partial charge in [0.25, 0.3) is 0 Å². The Balaban J connectivity index is 2.79. The summed E-state index contributed by atoms with van der Waals surface area (Å²) in [6, 6.07) is 2.51. The number of nitrogens with two attached hydrogens (primary N) is 1. The summed E-state index contributed by atoms with van der Waals surface area (Å²) in [6.07, 6.45) is -6.36. The maximum Gasteiger partial charge on any atom is 0.403 e. The molecule has 0 saturated carbocycles. The van der Waals surface area contributed by atoms with Gasteiger partial charge in [0.2, 0.25) is 0 Å². The smallest absolute Gasteiger partial charge is 0.403 e. The van der Waals surface area contributed by atoms with E-state index >= 15 is 0 Å². The largest absolute Gasteiger partial charge is 0.496 e. The maximum atomic E-state index is 12.3. The van der Waals surface area contributed by atoms with Gasteiger partial charge in [0, 0.05) is 6.42 Å². The molecule has 0 heterocycles. The highest BCUT2D eigenvalue weighted by Gasteiger charge is 2.37. The van der Waals surface area contributed by atoms with E-state index in [4.69, 9.17) is 10.5 Å². The molecule has 102 valence electrons. The van der Waals surface area contributed by atoms with Crippen molar-refractivity contribution in [3.63, 3.8) is 0 Å².